The largest absolute Gasteiger partial charge is 0.369 e. The zero-order valence-electron chi connectivity index (χ0n) is 17.2. The summed E-state index contributed by atoms with van der Waals surface area (Å²) >= 11 is 0. The summed E-state index contributed by atoms with van der Waals surface area (Å²) < 4.78 is 0. The lowest BCUT2D eigenvalue weighted by Gasteiger charge is -2.60. The van der Waals surface area contributed by atoms with E-state index in [-0.39, 0.29) is 28.6 Å². The van der Waals surface area contributed by atoms with Gasteiger partial charge in [0.15, 0.2) is 0 Å². The number of hydrogen-bond acceptors (Lipinski definition) is 5. The van der Waals surface area contributed by atoms with Crippen molar-refractivity contribution >= 4 is 11.7 Å². The van der Waals surface area contributed by atoms with Crippen molar-refractivity contribution in [2.45, 2.75) is 58.8 Å². The molecule has 0 spiro atoms. The van der Waals surface area contributed by atoms with Crippen molar-refractivity contribution < 1.29 is 14.4 Å². The topological polar surface area (TPSA) is 107 Å². The first-order valence-electron chi connectivity index (χ1n) is 10.9. The van der Waals surface area contributed by atoms with Gasteiger partial charge in [-0.05, 0) is 67.6 Å². The van der Waals surface area contributed by atoms with Crippen LogP contribution in [0.1, 0.15) is 58.8 Å². The molecule has 4 aliphatic rings. The van der Waals surface area contributed by atoms with E-state index in [1.165, 1.54) is 0 Å². The maximum atomic E-state index is 12.6. The number of hydroxylamine groups is 1. The Bertz CT molecular complexity index is 693. The Morgan fingerprint density at radius 2 is 2.04 bits per heavy atom. The van der Waals surface area contributed by atoms with Crippen LogP contribution in [0.4, 0.5) is 0 Å². The molecule has 6 nitrogen and oxygen atoms in total. The predicted molar refractivity (Wildman–Crippen MR) is 106 cm³/mol. The summed E-state index contributed by atoms with van der Waals surface area (Å²) in [5, 5.41) is 0. The van der Waals surface area contributed by atoms with Gasteiger partial charge < -0.3 is 11.5 Å². The third-order valence-electron chi connectivity index (χ3n) is 8.82. The fourth-order valence-electron chi connectivity index (χ4n) is 7.30. The highest BCUT2D eigenvalue weighted by Gasteiger charge is 2.62. The molecule has 0 bridgehead atoms. The van der Waals surface area contributed by atoms with Crippen LogP contribution in [-0.4, -0.2) is 24.8 Å². The molecule has 0 aromatic carbocycles. The Labute approximate surface area is 167 Å². The van der Waals surface area contributed by atoms with Crippen LogP contribution in [-0.2, 0) is 14.4 Å². The fourth-order valence-corrected chi connectivity index (χ4v) is 7.30. The maximum Gasteiger partial charge on any atom is 0.221 e. The molecule has 3 saturated carbocycles. The quantitative estimate of drug-likeness (QED) is 0.494. The lowest BCUT2D eigenvalue weighted by Crippen LogP contribution is -2.57. The molecule has 0 saturated heterocycles. The van der Waals surface area contributed by atoms with Crippen LogP contribution < -0.4 is 16.9 Å². The van der Waals surface area contributed by atoms with E-state index < -0.39 is 0 Å². The molecule has 28 heavy (non-hydrogen) atoms. The summed E-state index contributed by atoms with van der Waals surface area (Å²) in [6.07, 6.45) is 8.73. The number of Topliss-reactive ketones (excluding diaryl/α,β-unsaturated/α-hetero) is 1. The van der Waals surface area contributed by atoms with Crippen molar-refractivity contribution in [3.05, 3.63) is 11.8 Å². The second-order valence-electron chi connectivity index (χ2n) is 10.0. The number of hydrogen-bond donors (Lipinski definition) is 3. The minimum absolute atomic E-state index is 0.0502. The maximum absolute atomic E-state index is 12.6. The van der Waals surface area contributed by atoms with Crippen LogP contribution in [0, 0.1) is 40.4 Å². The number of primary amides is 1. The Morgan fingerprint density at radius 1 is 1.25 bits per heavy atom. The van der Waals surface area contributed by atoms with E-state index in [2.05, 4.69) is 25.4 Å². The average Bonchev–Trinajstić information content (AvgIpc) is 2.96. The van der Waals surface area contributed by atoms with E-state index in [0.717, 1.165) is 44.2 Å². The van der Waals surface area contributed by atoms with Crippen molar-refractivity contribution in [3.63, 3.8) is 0 Å². The number of allylic oxidation sites excluding steroid dienone is 2. The van der Waals surface area contributed by atoms with E-state index >= 15 is 0 Å². The number of ketones is 1. The molecule has 5 N–H and O–H groups in total. The van der Waals surface area contributed by atoms with Gasteiger partial charge in [0, 0.05) is 30.0 Å². The summed E-state index contributed by atoms with van der Waals surface area (Å²) in [6, 6.07) is 0. The van der Waals surface area contributed by atoms with Crippen molar-refractivity contribution in [2.75, 3.05) is 13.2 Å². The Morgan fingerprint density at radius 3 is 2.75 bits per heavy atom. The van der Waals surface area contributed by atoms with Crippen molar-refractivity contribution in [1.82, 2.24) is 5.48 Å². The number of rotatable bonds is 5. The number of amides is 1. The highest BCUT2D eigenvalue weighted by atomic mass is 16.6. The minimum atomic E-state index is -0.202. The Hall–Kier alpha value is -1.40. The first-order chi connectivity index (χ1) is 13.3. The van der Waals surface area contributed by atoms with Crippen LogP contribution in [0.3, 0.4) is 0 Å². The first kappa shape index (κ1) is 19.9. The molecule has 7 atom stereocenters. The Kier molecular flexibility index (Phi) is 5.07. The summed E-state index contributed by atoms with van der Waals surface area (Å²) in [5.74, 6) is 1.59. The molecule has 4 aliphatic carbocycles. The van der Waals surface area contributed by atoms with Gasteiger partial charge in [0.05, 0.1) is 6.61 Å². The molecule has 0 aromatic heterocycles. The molecule has 3 fully saturated rings. The zero-order chi connectivity index (χ0) is 20.1. The molecular weight excluding hydrogens is 354 g/mol. The van der Waals surface area contributed by atoms with Crippen molar-refractivity contribution in [2.24, 2.45) is 51.9 Å². The van der Waals surface area contributed by atoms with Gasteiger partial charge in [-0.1, -0.05) is 19.9 Å². The van der Waals surface area contributed by atoms with Crippen LogP contribution in [0.25, 0.3) is 0 Å². The van der Waals surface area contributed by atoms with Gasteiger partial charge >= 0.3 is 0 Å². The smallest absolute Gasteiger partial charge is 0.221 e. The third-order valence-corrected chi connectivity index (χ3v) is 8.82. The summed E-state index contributed by atoms with van der Waals surface area (Å²) in [6.45, 7) is 5.46. The highest BCUT2D eigenvalue weighted by molar-refractivity contribution is 5.87. The SMILES string of the molecule is C[C@]12CCC(NOCCN)=CC1C(C(N)=O)C[C@@H]1[C@H]2CC[C@]2(C)C(=O)CC[C@@H]12. The minimum Gasteiger partial charge on any atom is -0.369 e. The molecule has 156 valence electrons. The lowest BCUT2D eigenvalue weighted by atomic mass is 9.44. The molecule has 0 heterocycles. The molecule has 0 aromatic rings. The van der Waals surface area contributed by atoms with Crippen LogP contribution in [0.2, 0.25) is 0 Å². The second-order valence-corrected chi connectivity index (χ2v) is 10.0. The summed E-state index contributed by atoms with van der Waals surface area (Å²) in [4.78, 5) is 30.5. The van der Waals surface area contributed by atoms with Crippen molar-refractivity contribution in [1.29, 1.82) is 0 Å². The summed E-state index contributed by atoms with van der Waals surface area (Å²) in [5.41, 5.74) is 15.4. The monoisotopic (exact) mass is 389 g/mol. The molecule has 2 unspecified atom stereocenters. The van der Waals surface area contributed by atoms with Gasteiger partial charge in [-0.2, -0.15) is 0 Å². The van der Waals surface area contributed by atoms with E-state index in [1.54, 1.807) is 0 Å². The van der Waals surface area contributed by atoms with Crippen LogP contribution >= 0.6 is 0 Å². The number of nitrogens with one attached hydrogen (secondary N) is 1. The van der Waals surface area contributed by atoms with Crippen LogP contribution in [0.15, 0.2) is 11.8 Å². The second kappa shape index (κ2) is 7.13. The standard InChI is InChI=1S/C22H35N3O3/c1-21-7-5-13(25-28-10-9-23)11-18(21)15(20(24)27)12-14-16-3-4-19(26)22(16,2)8-6-17(14)21/h11,14-18,25H,3-10,12,23H2,1-2H3,(H2,24,27)/t14-,15?,16-,17+,18?,21+,22-/m0/s1. The molecule has 1 amide bonds. The Balaban J connectivity index is 1.64. The molecule has 4 rings (SSSR count). The number of nitrogens with two attached hydrogens (primary N) is 2. The van der Waals surface area contributed by atoms with Gasteiger partial charge in [0.25, 0.3) is 0 Å². The van der Waals surface area contributed by atoms with Gasteiger partial charge in [-0.25, -0.2) is 0 Å². The van der Waals surface area contributed by atoms with E-state index in [0.29, 0.717) is 43.1 Å². The normalized spacial score (nSPS) is 44.9. The van der Waals surface area contributed by atoms with E-state index in [1.807, 2.05) is 0 Å². The van der Waals surface area contributed by atoms with E-state index in [4.69, 9.17) is 16.3 Å². The lowest BCUT2D eigenvalue weighted by molar-refractivity contribution is -0.147. The number of carbonyl (C=O) groups is 2. The van der Waals surface area contributed by atoms with Gasteiger partial charge in [-0.15, -0.1) is 0 Å². The van der Waals surface area contributed by atoms with E-state index in [9.17, 15) is 9.59 Å². The molecule has 0 aliphatic heterocycles. The molecule has 0 radical (unpaired) electrons. The summed E-state index contributed by atoms with van der Waals surface area (Å²) in [7, 11) is 0. The predicted octanol–water partition coefficient (Wildman–Crippen LogP) is 2.28. The highest BCUT2D eigenvalue weighted by Crippen LogP contribution is 2.66. The number of carbonyl (C=O) groups excluding carboxylic acids is 2. The van der Waals surface area contributed by atoms with Gasteiger partial charge in [0.2, 0.25) is 5.91 Å². The average molecular weight is 390 g/mol. The molecule has 6 heteroatoms. The number of fused-ring (bicyclic) bond motifs is 5. The van der Waals surface area contributed by atoms with Crippen LogP contribution in [0.5, 0.6) is 0 Å². The van der Waals surface area contributed by atoms with Gasteiger partial charge in [-0.3, -0.25) is 19.9 Å². The van der Waals surface area contributed by atoms with Crippen molar-refractivity contribution in [3.8, 4) is 0 Å². The molecular formula is C22H35N3O3. The third kappa shape index (κ3) is 2.91. The first-order valence-corrected chi connectivity index (χ1v) is 10.9. The fraction of sp³-hybridized carbons (Fsp3) is 0.818. The zero-order valence-corrected chi connectivity index (χ0v) is 17.2. The van der Waals surface area contributed by atoms with Gasteiger partial charge in [0.1, 0.15) is 5.78 Å².